The fraction of sp³-hybridized carbons (Fsp3) is 0.222. The Balaban J connectivity index is 1.52. The number of amides is 3. The Morgan fingerprint density at radius 2 is 1.92 bits per heavy atom. The van der Waals surface area contributed by atoms with Crippen molar-refractivity contribution in [3.8, 4) is 0 Å². The normalized spacial score (nSPS) is 19.2. The molecule has 2 aliphatic rings. The molecule has 0 radical (unpaired) electrons. The highest BCUT2D eigenvalue weighted by molar-refractivity contribution is 6.20. The monoisotopic (exact) mass is 357 g/mol. The van der Waals surface area contributed by atoms with Crippen LogP contribution in [0.2, 0.25) is 0 Å². The zero-order valence-corrected chi connectivity index (χ0v) is 13.5. The van der Waals surface area contributed by atoms with Crippen molar-refractivity contribution in [3.05, 3.63) is 65.0 Å². The summed E-state index contributed by atoms with van der Waals surface area (Å²) >= 11 is 0. The Morgan fingerprint density at radius 1 is 1.12 bits per heavy atom. The molecule has 3 amide bonds. The topological polar surface area (TPSA) is 70.6 Å². The molecule has 1 aromatic heterocycles. The lowest BCUT2D eigenvalue weighted by Gasteiger charge is -2.22. The van der Waals surface area contributed by atoms with Gasteiger partial charge >= 0.3 is 0 Å². The third-order valence-electron chi connectivity index (χ3n) is 4.66. The summed E-state index contributed by atoms with van der Waals surface area (Å²) in [6, 6.07) is 5.60. The minimum Gasteiger partial charge on any atom is -0.336 e. The van der Waals surface area contributed by atoms with E-state index in [4.69, 9.17) is 0 Å². The number of aromatic nitrogens is 1. The molecule has 26 heavy (non-hydrogen) atoms. The van der Waals surface area contributed by atoms with Crippen molar-refractivity contribution >= 4 is 17.7 Å². The Labute approximate surface area is 147 Å². The molecule has 0 spiro atoms. The molecule has 2 aromatic rings. The summed E-state index contributed by atoms with van der Waals surface area (Å²) in [7, 11) is 0. The van der Waals surface area contributed by atoms with Crippen molar-refractivity contribution in [2.45, 2.75) is 12.5 Å². The van der Waals surface area contributed by atoms with Crippen LogP contribution in [0.4, 0.5) is 8.78 Å². The lowest BCUT2D eigenvalue weighted by atomic mass is 10.2. The van der Waals surface area contributed by atoms with Crippen molar-refractivity contribution < 1.29 is 23.2 Å². The summed E-state index contributed by atoms with van der Waals surface area (Å²) < 4.78 is 26.4. The van der Waals surface area contributed by atoms with Gasteiger partial charge < -0.3 is 4.90 Å². The molecule has 1 aromatic carbocycles. The first kappa shape index (κ1) is 16.3. The number of benzene rings is 1. The molecule has 4 rings (SSSR count). The molecule has 1 saturated heterocycles. The zero-order valence-electron chi connectivity index (χ0n) is 13.5. The van der Waals surface area contributed by atoms with Gasteiger partial charge in [0.2, 0.25) is 0 Å². The third-order valence-corrected chi connectivity index (χ3v) is 4.66. The molecule has 6 nitrogen and oxygen atoms in total. The van der Waals surface area contributed by atoms with E-state index in [1.165, 1.54) is 17.2 Å². The van der Waals surface area contributed by atoms with Crippen LogP contribution in [0, 0.1) is 11.6 Å². The summed E-state index contributed by atoms with van der Waals surface area (Å²) in [5.74, 6) is -3.50. The second-order valence-electron chi connectivity index (χ2n) is 6.20. The van der Waals surface area contributed by atoms with E-state index < -0.39 is 35.4 Å². The van der Waals surface area contributed by atoms with E-state index in [2.05, 4.69) is 4.98 Å². The fourth-order valence-corrected chi connectivity index (χ4v) is 3.36. The van der Waals surface area contributed by atoms with E-state index in [1.54, 1.807) is 12.1 Å². The highest BCUT2D eigenvalue weighted by atomic mass is 19.2. The lowest BCUT2D eigenvalue weighted by Crippen LogP contribution is -2.42. The molecule has 8 heteroatoms. The number of hydrogen-bond acceptors (Lipinski definition) is 4. The van der Waals surface area contributed by atoms with Crippen LogP contribution in [-0.4, -0.2) is 51.6 Å². The van der Waals surface area contributed by atoms with Crippen LogP contribution in [0.15, 0.2) is 36.5 Å². The second-order valence-corrected chi connectivity index (χ2v) is 6.20. The Morgan fingerprint density at radius 3 is 2.65 bits per heavy atom. The van der Waals surface area contributed by atoms with Crippen LogP contribution in [0.1, 0.15) is 37.6 Å². The lowest BCUT2D eigenvalue weighted by molar-refractivity contribution is 0.0573. The van der Waals surface area contributed by atoms with Gasteiger partial charge in [-0.3, -0.25) is 24.3 Å². The standard InChI is InChI=1S/C18H13F2N3O3/c19-13-4-3-10(8-14(13)20)16(24)22-7-5-11(9-22)23-17(25)12-2-1-6-21-15(12)18(23)26/h1-4,6,8,11H,5,7,9H2. The van der Waals surface area contributed by atoms with Crippen LogP contribution in [0.25, 0.3) is 0 Å². The molecule has 0 aliphatic carbocycles. The molecule has 1 fully saturated rings. The molecule has 0 bridgehead atoms. The van der Waals surface area contributed by atoms with E-state index in [9.17, 15) is 23.2 Å². The van der Waals surface area contributed by atoms with Crippen LogP contribution in [0.3, 0.4) is 0 Å². The summed E-state index contributed by atoms with van der Waals surface area (Å²) in [6.07, 6.45) is 1.86. The molecule has 3 heterocycles. The average molecular weight is 357 g/mol. The number of likely N-dealkylation sites (tertiary alicyclic amines) is 1. The van der Waals surface area contributed by atoms with E-state index >= 15 is 0 Å². The van der Waals surface area contributed by atoms with Gasteiger partial charge in [0.1, 0.15) is 5.69 Å². The van der Waals surface area contributed by atoms with E-state index in [0.717, 1.165) is 17.0 Å². The summed E-state index contributed by atoms with van der Waals surface area (Å²) in [4.78, 5) is 44.0. The molecule has 2 aliphatic heterocycles. The van der Waals surface area contributed by atoms with Gasteiger partial charge in [0.25, 0.3) is 17.7 Å². The predicted octanol–water partition coefficient (Wildman–Crippen LogP) is 1.87. The van der Waals surface area contributed by atoms with Gasteiger partial charge in [-0.25, -0.2) is 8.78 Å². The molecule has 0 N–H and O–H groups in total. The number of hydrogen-bond donors (Lipinski definition) is 0. The van der Waals surface area contributed by atoms with Crippen molar-refractivity contribution in [2.75, 3.05) is 13.1 Å². The summed E-state index contributed by atoms with van der Waals surface area (Å²) in [5.41, 5.74) is 0.388. The number of pyridine rings is 1. The quantitative estimate of drug-likeness (QED) is 0.770. The highest BCUT2D eigenvalue weighted by Crippen LogP contribution is 2.27. The molecular formula is C18H13F2N3O3. The van der Waals surface area contributed by atoms with Gasteiger partial charge in [0.05, 0.1) is 11.6 Å². The maximum Gasteiger partial charge on any atom is 0.280 e. The third kappa shape index (κ3) is 2.45. The van der Waals surface area contributed by atoms with Crippen molar-refractivity contribution in [3.63, 3.8) is 0 Å². The Bertz CT molecular complexity index is 912. The minimum atomic E-state index is -1.10. The summed E-state index contributed by atoms with van der Waals surface area (Å²) in [5, 5.41) is 0. The number of rotatable bonds is 2. The Hall–Kier alpha value is -3.16. The zero-order chi connectivity index (χ0) is 18.4. The highest BCUT2D eigenvalue weighted by Gasteiger charge is 2.43. The van der Waals surface area contributed by atoms with Gasteiger partial charge in [0, 0.05) is 24.8 Å². The molecule has 0 saturated carbocycles. The maximum atomic E-state index is 13.4. The fourth-order valence-electron chi connectivity index (χ4n) is 3.36. The molecule has 1 unspecified atom stereocenters. The number of nitrogens with zero attached hydrogens (tertiary/aromatic N) is 3. The van der Waals surface area contributed by atoms with Gasteiger partial charge in [-0.05, 0) is 36.8 Å². The predicted molar refractivity (Wildman–Crippen MR) is 85.4 cm³/mol. The maximum absolute atomic E-state index is 13.4. The van der Waals surface area contributed by atoms with Gasteiger partial charge in [-0.15, -0.1) is 0 Å². The van der Waals surface area contributed by atoms with Crippen LogP contribution in [-0.2, 0) is 0 Å². The second kappa shape index (κ2) is 5.98. The van der Waals surface area contributed by atoms with Crippen molar-refractivity contribution in [2.24, 2.45) is 0 Å². The van der Waals surface area contributed by atoms with E-state index in [0.29, 0.717) is 13.0 Å². The number of fused-ring (bicyclic) bond motifs is 1. The molecule has 1 atom stereocenters. The minimum absolute atomic E-state index is 0.0218. The van der Waals surface area contributed by atoms with Crippen molar-refractivity contribution in [1.82, 2.24) is 14.8 Å². The van der Waals surface area contributed by atoms with Crippen LogP contribution >= 0.6 is 0 Å². The van der Waals surface area contributed by atoms with E-state index in [-0.39, 0.29) is 23.4 Å². The van der Waals surface area contributed by atoms with Gasteiger partial charge in [-0.2, -0.15) is 0 Å². The largest absolute Gasteiger partial charge is 0.336 e. The average Bonchev–Trinajstić information content (AvgIpc) is 3.21. The van der Waals surface area contributed by atoms with Crippen molar-refractivity contribution in [1.29, 1.82) is 0 Å². The number of halogens is 2. The first-order valence-electron chi connectivity index (χ1n) is 8.04. The smallest absolute Gasteiger partial charge is 0.280 e. The molecule has 132 valence electrons. The first-order chi connectivity index (χ1) is 12.5. The number of imide groups is 1. The van der Waals surface area contributed by atoms with Crippen LogP contribution < -0.4 is 0 Å². The van der Waals surface area contributed by atoms with Crippen LogP contribution in [0.5, 0.6) is 0 Å². The summed E-state index contributed by atoms with van der Waals surface area (Å²) in [6.45, 7) is 0.451. The van der Waals surface area contributed by atoms with Gasteiger partial charge in [-0.1, -0.05) is 0 Å². The van der Waals surface area contributed by atoms with Gasteiger partial charge in [0.15, 0.2) is 11.6 Å². The number of carbonyl (C=O) groups excluding carboxylic acids is 3. The van der Waals surface area contributed by atoms with E-state index in [1.807, 2.05) is 0 Å². The SMILES string of the molecule is O=C(c1ccc(F)c(F)c1)N1CCC(N2C(=O)c3cccnc3C2=O)C1. The Kier molecular flexibility index (Phi) is 3.75. The molecular weight excluding hydrogens is 344 g/mol. The number of carbonyl (C=O) groups is 3. The first-order valence-corrected chi connectivity index (χ1v) is 8.04.